The van der Waals surface area contributed by atoms with E-state index in [4.69, 9.17) is 9.47 Å². The second-order valence-electron chi connectivity index (χ2n) is 6.17. The lowest BCUT2D eigenvalue weighted by molar-refractivity contribution is -0.118. The van der Waals surface area contributed by atoms with E-state index in [1.807, 2.05) is 39.0 Å². The van der Waals surface area contributed by atoms with Gasteiger partial charge in [0.25, 0.3) is 5.91 Å². The third-order valence-electron chi connectivity index (χ3n) is 3.84. The molecule has 0 bridgehead atoms. The number of amides is 1. The number of hydrogen-bond donors (Lipinski definition) is 1. The van der Waals surface area contributed by atoms with Gasteiger partial charge in [-0.1, -0.05) is 25.5 Å². The number of carbonyl (C=O) groups is 2. The number of hydrogen-bond acceptors (Lipinski definition) is 4. The molecule has 2 rings (SSSR count). The predicted octanol–water partition coefficient (Wildman–Crippen LogP) is 4.28. The van der Waals surface area contributed by atoms with Gasteiger partial charge in [0.05, 0.1) is 12.2 Å². The van der Waals surface area contributed by atoms with Crippen LogP contribution in [0.3, 0.4) is 0 Å². The van der Waals surface area contributed by atoms with E-state index in [1.165, 1.54) is 0 Å². The summed E-state index contributed by atoms with van der Waals surface area (Å²) < 4.78 is 10.7. The Balaban J connectivity index is 1.85. The lowest BCUT2D eigenvalue weighted by atomic mass is 10.1. The second kappa shape index (κ2) is 9.61. The van der Waals surface area contributed by atoms with E-state index in [9.17, 15) is 9.59 Å². The molecule has 138 valence electrons. The first-order chi connectivity index (χ1) is 12.5. The molecule has 0 saturated heterocycles. The Morgan fingerprint density at radius 1 is 1.04 bits per heavy atom. The summed E-state index contributed by atoms with van der Waals surface area (Å²) in [6.07, 6.45) is 1.82. The van der Waals surface area contributed by atoms with Crippen LogP contribution in [0.2, 0.25) is 0 Å². The molecular weight excluding hydrogens is 330 g/mol. The summed E-state index contributed by atoms with van der Waals surface area (Å²) in [6.45, 7) is 6.29. The molecule has 0 saturated carbocycles. The number of ether oxygens (including phenoxy) is 2. The molecule has 0 spiro atoms. The standard InChI is InChI=1S/C21H25NO4/c1-4-5-12-25-21(24)17-8-10-18(11-9-17)22-20(23)14-26-19-13-15(2)6-7-16(19)3/h6-11,13H,4-5,12,14H2,1-3H3,(H,22,23). The lowest BCUT2D eigenvalue weighted by Crippen LogP contribution is -2.20. The van der Waals surface area contributed by atoms with Crippen LogP contribution in [0.4, 0.5) is 5.69 Å². The highest BCUT2D eigenvalue weighted by atomic mass is 16.5. The molecule has 0 heterocycles. The molecule has 0 aromatic heterocycles. The summed E-state index contributed by atoms with van der Waals surface area (Å²) in [5.74, 6) is 0.0871. The molecule has 1 N–H and O–H groups in total. The number of nitrogens with one attached hydrogen (secondary N) is 1. The van der Waals surface area contributed by atoms with E-state index in [0.29, 0.717) is 23.6 Å². The van der Waals surface area contributed by atoms with Crippen LogP contribution in [-0.2, 0) is 9.53 Å². The molecule has 0 unspecified atom stereocenters. The highest BCUT2D eigenvalue weighted by molar-refractivity contribution is 5.93. The number of anilines is 1. The van der Waals surface area contributed by atoms with Gasteiger partial charge >= 0.3 is 5.97 Å². The monoisotopic (exact) mass is 355 g/mol. The first-order valence-corrected chi connectivity index (χ1v) is 8.76. The maximum absolute atomic E-state index is 12.0. The van der Waals surface area contributed by atoms with Crippen molar-refractivity contribution in [3.8, 4) is 5.75 Å². The SMILES string of the molecule is CCCCOC(=O)c1ccc(NC(=O)COc2cc(C)ccc2C)cc1. The Kier molecular flexibility index (Phi) is 7.21. The van der Waals surface area contributed by atoms with Gasteiger partial charge in [0, 0.05) is 5.69 Å². The summed E-state index contributed by atoms with van der Waals surface area (Å²) in [4.78, 5) is 23.9. The lowest BCUT2D eigenvalue weighted by Gasteiger charge is -2.10. The number of esters is 1. The average molecular weight is 355 g/mol. The maximum atomic E-state index is 12.0. The minimum absolute atomic E-state index is 0.0783. The van der Waals surface area contributed by atoms with Crippen LogP contribution >= 0.6 is 0 Å². The van der Waals surface area contributed by atoms with Gasteiger partial charge in [0.2, 0.25) is 0 Å². The molecule has 2 aromatic carbocycles. The number of unbranched alkanes of at least 4 members (excludes halogenated alkanes) is 1. The van der Waals surface area contributed by atoms with Gasteiger partial charge in [0.15, 0.2) is 6.61 Å². The van der Waals surface area contributed by atoms with Crippen molar-refractivity contribution in [1.82, 2.24) is 0 Å². The average Bonchev–Trinajstić information content (AvgIpc) is 2.63. The minimum Gasteiger partial charge on any atom is -0.483 e. The molecule has 26 heavy (non-hydrogen) atoms. The predicted molar refractivity (Wildman–Crippen MR) is 102 cm³/mol. The molecule has 0 aliphatic heterocycles. The van der Waals surface area contributed by atoms with Crippen molar-refractivity contribution >= 4 is 17.6 Å². The summed E-state index contributed by atoms with van der Waals surface area (Å²) in [7, 11) is 0. The van der Waals surface area contributed by atoms with E-state index >= 15 is 0 Å². The fourth-order valence-corrected chi connectivity index (χ4v) is 2.29. The second-order valence-corrected chi connectivity index (χ2v) is 6.17. The molecule has 5 nitrogen and oxygen atoms in total. The van der Waals surface area contributed by atoms with Crippen molar-refractivity contribution < 1.29 is 19.1 Å². The first-order valence-electron chi connectivity index (χ1n) is 8.76. The molecule has 0 radical (unpaired) electrons. The van der Waals surface area contributed by atoms with Crippen LogP contribution in [0.15, 0.2) is 42.5 Å². The fourth-order valence-electron chi connectivity index (χ4n) is 2.29. The Bertz CT molecular complexity index is 753. The Morgan fingerprint density at radius 2 is 1.77 bits per heavy atom. The van der Waals surface area contributed by atoms with Crippen LogP contribution in [0, 0.1) is 13.8 Å². The summed E-state index contributed by atoms with van der Waals surface area (Å²) in [5.41, 5.74) is 3.12. The van der Waals surface area contributed by atoms with Gasteiger partial charge in [-0.05, 0) is 61.7 Å². The van der Waals surface area contributed by atoms with Crippen LogP contribution in [0.25, 0.3) is 0 Å². The zero-order chi connectivity index (χ0) is 18.9. The van der Waals surface area contributed by atoms with E-state index < -0.39 is 0 Å². The molecule has 0 aliphatic rings. The van der Waals surface area contributed by atoms with Crippen molar-refractivity contribution in [3.63, 3.8) is 0 Å². The largest absolute Gasteiger partial charge is 0.483 e. The molecule has 5 heteroatoms. The van der Waals surface area contributed by atoms with Gasteiger partial charge in [0.1, 0.15) is 5.75 Å². The zero-order valence-electron chi connectivity index (χ0n) is 15.5. The molecule has 0 fully saturated rings. The highest BCUT2D eigenvalue weighted by Gasteiger charge is 2.09. The van der Waals surface area contributed by atoms with E-state index in [1.54, 1.807) is 24.3 Å². The van der Waals surface area contributed by atoms with E-state index in [0.717, 1.165) is 24.0 Å². The zero-order valence-corrected chi connectivity index (χ0v) is 15.5. The van der Waals surface area contributed by atoms with Gasteiger partial charge < -0.3 is 14.8 Å². The Morgan fingerprint density at radius 3 is 2.46 bits per heavy atom. The van der Waals surface area contributed by atoms with Crippen molar-refractivity contribution in [1.29, 1.82) is 0 Å². The highest BCUT2D eigenvalue weighted by Crippen LogP contribution is 2.19. The topological polar surface area (TPSA) is 64.6 Å². The van der Waals surface area contributed by atoms with Crippen molar-refractivity contribution in [3.05, 3.63) is 59.2 Å². The third-order valence-corrected chi connectivity index (χ3v) is 3.84. The summed E-state index contributed by atoms with van der Waals surface area (Å²) in [5, 5.41) is 2.75. The number of carbonyl (C=O) groups excluding carboxylic acids is 2. The Labute approximate surface area is 154 Å². The van der Waals surface area contributed by atoms with Crippen molar-refractivity contribution in [2.45, 2.75) is 33.6 Å². The van der Waals surface area contributed by atoms with Gasteiger partial charge in [-0.15, -0.1) is 0 Å². The van der Waals surface area contributed by atoms with Crippen LogP contribution in [0.1, 0.15) is 41.3 Å². The number of aryl methyl sites for hydroxylation is 2. The summed E-state index contributed by atoms with van der Waals surface area (Å²) >= 11 is 0. The van der Waals surface area contributed by atoms with Crippen molar-refractivity contribution in [2.24, 2.45) is 0 Å². The van der Waals surface area contributed by atoms with Crippen molar-refractivity contribution in [2.75, 3.05) is 18.5 Å². The number of rotatable bonds is 8. The smallest absolute Gasteiger partial charge is 0.338 e. The maximum Gasteiger partial charge on any atom is 0.338 e. The first kappa shape index (κ1) is 19.5. The van der Waals surface area contributed by atoms with Crippen LogP contribution < -0.4 is 10.1 Å². The normalized spacial score (nSPS) is 10.3. The Hall–Kier alpha value is -2.82. The molecule has 2 aromatic rings. The summed E-state index contributed by atoms with van der Waals surface area (Å²) in [6, 6.07) is 12.5. The molecule has 0 atom stereocenters. The van der Waals surface area contributed by atoms with E-state index in [2.05, 4.69) is 5.32 Å². The fraction of sp³-hybridized carbons (Fsp3) is 0.333. The van der Waals surface area contributed by atoms with Crippen LogP contribution in [-0.4, -0.2) is 25.1 Å². The molecule has 1 amide bonds. The molecular formula is C21H25NO4. The van der Waals surface area contributed by atoms with Gasteiger partial charge in [-0.2, -0.15) is 0 Å². The minimum atomic E-state index is -0.352. The quantitative estimate of drug-likeness (QED) is 0.567. The van der Waals surface area contributed by atoms with E-state index in [-0.39, 0.29) is 18.5 Å². The number of benzene rings is 2. The van der Waals surface area contributed by atoms with Gasteiger partial charge in [-0.3, -0.25) is 4.79 Å². The third kappa shape index (κ3) is 5.92. The van der Waals surface area contributed by atoms with Crippen LogP contribution in [0.5, 0.6) is 5.75 Å². The molecule has 0 aliphatic carbocycles. The van der Waals surface area contributed by atoms with Gasteiger partial charge in [-0.25, -0.2) is 4.79 Å².